The number of anilines is 1. The van der Waals surface area contributed by atoms with E-state index in [1.807, 2.05) is 6.07 Å². The largest absolute Gasteiger partial charge is 0.473 e. The number of carbonyl (C=O) groups excluding carboxylic acids is 2. The molecule has 14 heteroatoms. The van der Waals surface area contributed by atoms with Crippen molar-refractivity contribution in [2.24, 2.45) is 0 Å². The summed E-state index contributed by atoms with van der Waals surface area (Å²) < 4.78 is 55.9. The highest BCUT2D eigenvalue weighted by molar-refractivity contribution is 5.94. The third-order valence-electron chi connectivity index (χ3n) is 7.01. The van der Waals surface area contributed by atoms with Crippen LogP contribution in [0.3, 0.4) is 0 Å². The molecule has 3 aromatic heterocycles. The molecule has 4 aromatic rings. The van der Waals surface area contributed by atoms with Crippen molar-refractivity contribution in [1.29, 1.82) is 0 Å². The van der Waals surface area contributed by atoms with E-state index in [9.17, 15) is 22.8 Å². The van der Waals surface area contributed by atoms with Gasteiger partial charge in [-0.25, -0.2) is 4.98 Å². The number of nitrogens with one attached hydrogen (secondary N) is 3. The molecule has 216 valence electrons. The molecule has 0 bridgehead atoms. The number of H-pyrrole nitrogens is 1. The molecule has 1 fully saturated rings. The molecule has 1 unspecified atom stereocenters. The SMILES string of the molecule is CC(C)(c1cc(NC(=O)C(OC=O)c2ccc(-c3cnc4[nH]nc(OC5CCNCC5)c4c3)cc2)no1)C(F)(F)F. The fraction of sp³-hybridized carbons (Fsp3) is 0.370. The molecule has 1 aromatic carbocycles. The van der Waals surface area contributed by atoms with E-state index in [0.29, 0.717) is 17.1 Å². The number of hydrogen-bond acceptors (Lipinski definition) is 9. The molecule has 41 heavy (non-hydrogen) atoms. The van der Waals surface area contributed by atoms with Gasteiger partial charge in [0, 0.05) is 23.4 Å². The lowest BCUT2D eigenvalue weighted by Crippen LogP contribution is -2.35. The van der Waals surface area contributed by atoms with Gasteiger partial charge in [-0.3, -0.25) is 14.7 Å². The van der Waals surface area contributed by atoms with Crippen LogP contribution >= 0.6 is 0 Å². The van der Waals surface area contributed by atoms with E-state index in [4.69, 9.17) is 14.0 Å². The van der Waals surface area contributed by atoms with Gasteiger partial charge in [0.25, 0.3) is 12.4 Å². The van der Waals surface area contributed by atoms with E-state index in [-0.39, 0.29) is 18.4 Å². The molecule has 0 spiro atoms. The smallest absolute Gasteiger partial charge is 0.401 e. The second kappa shape index (κ2) is 11.2. The molecular formula is C27H27F3N6O5. The highest BCUT2D eigenvalue weighted by Crippen LogP contribution is 2.41. The maximum atomic E-state index is 13.3. The quantitative estimate of drug-likeness (QED) is 0.248. The Labute approximate surface area is 231 Å². The van der Waals surface area contributed by atoms with Crippen LogP contribution in [0, 0.1) is 0 Å². The van der Waals surface area contributed by atoms with Crippen molar-refractivity contribution in [1.82, 2.24) is 25.7 Å². The fourth-order valence-electron chi connectivity index (χ4n) is 4.36. The van der Waals surface area contributed by atoms with Crippen LogP contribution in [0.1, 0.15) is 44.1 Å². The van der Waals surface area contributed by atoms with E-state index in [1.165, 1.54) is 0 Å². The number of pyridine rings is 1. The van der Waals surface area contributed by atoms with Crippen molar-refractivity contribution >= 4 is 29.2 Å². The van der Waals surface area contributed by atoms with Gasteiger partial charge in [0.15, 0.2) is 17.2 Å². The second-order valence-electron chi connectivity index (χ2n) is 10.1. The minimum absolute atomic E-state index is 0.0616. The van der Waals surface area contributed by atoms with Crippen LogP contribution in [-0.4, -0.2) is 58.1 Å². The van der Waals surface area contributed by atoms with Crippen molar-refractivity contribution < 1.29 is 36.8 Å². The van der Waals surface area contributed by atoms with E-state index < -0.39 is 29.4 Å². The predicted octanol–water partition coefficient (Wildman–Crippen LogP) is 4.44. The van der Waals surface area contributed by atoms with Crippen LogP contribution in [0.25, 0.3) is 22.2 Å². The Bertz CT molecular complexity index is 1530. The Morgan fingerprint density at radius 2 is 1.88 bits per heavy atom. The highest BCUT2D eigenvalue weighted by Gasteiger charge is 2.51. The third-order valence-corrected chi connectivity index (χ3v) is 7.01. The lowest BCUT2D eigenvalue weighted by atomic mass is 9.89. The summed E-state index contributed by atoms with van der Waals surface area (Å²) in [4.78, 5) is 28.5. The van der Waals surface area contributed by atoms with Gasteiger partial charge in [0.05, 0.1) is 5.39 Å². The zero-order valence-corrected chi connectivity index (χ0v) is 22.1. The molecular weight excluding hydrogens is 545 g/mol. The average Bonchev–Trinajstić information content (AvgIpc) is 3.59. The number of fused-ring (bicyclic) bond motifs is 1. The third kappa shape index (κ3) is 5.87. The summed E-state index contributed by atoms with van der Waals surface area (Å²) in [5.41, 5.74) is 0.106. The summed E-state index contributed by atoms with van der Waals surface area (Å²) in [6, 6.07) is 9.51. The molecule has 1 aliphatic rings. The molecule has 4 heterocycles. The number of aromatic nitrogens is 4. The number of alkyl halides is 3. The molecule has 1 atom stereocenters. The van der Waals surface area contributed by atoms with Gasteiger partial charge in [-0.05, 0) is 51.4 Å². The van der Waals surface area contributed by atoms with E-state index in [0.717, 1.165) is 62.4 Å². The number of hydrogen-bond donors (Lipinski definition) is 3. The van der Waals surface area contributed by atoms with Gasteiger partial charge in [-0.1, -0.05) is 29.4 Å². The van der Waals surface area contributed by atoms with Crippen molar-refractivity contribution in [2.45, 2.75) is 50.5 Å². The monoisotopic (exact) mass is 572 g/mol. The van der Waals surface area contributed by atoms with Crippen molar-refractivity contribution in [2.75, 3.05) is 18.4 Å². The van der Waals surface area contributed by atoms with Gasteiger partial charge in [-0.15, -0.1) is 5.10 Å². The zero-order chi connectivity index (χ0) is 29.2. The van der Waals surface area contributed by atoms with Gasteiger partial charge in [-0.2, -0.15) is 13.2 Å². The summed E-state index contributed by atoms with van der Waals surface area (Å²) in [6.45, 7) is 3.74. The van der Waals surface area contributed by atoms with Gasteiger partial charge < -0.3 is 24.6 Å². The number of rotatable bonds is 9. The topological polar surface area (TPSA) is 144 Å². The number of nitrogens with zero attached hydrogens (tertiary/aromatic N) is 3. The second-order valence-corrected chi connectivity index (χ2v) is 10.1. The van der Waals surface area contributed by atoms with Crippen LogP contribution in [0.5, 0.6) is 5.88 Å². The Morgan fingerprint density at radius 1 is 1.15 bits per heavy atom. The maximum absolute atomic E-state index is 13.3. The van der Waals surface area contributed by atoms with Crippen molar-refractivity contribution in [3.05, 3.63) is 53.9 Å². The lowest BCUT2D eigenvalue weighted by Gasteiger charge is -2.24. The Balaban J connectivity index is 1.32. The van der Waals surface area contributed by atoms with Crippen LogP contribution in [0.2, 0.25) is 0 Å². The van der Waals surface area contributed by atoms with E-state index >= 15 is 0 Å². The average molecular weight is 573 g/mol. The van der Waals surface area contributed by atoms with Gasteiger partial charge in [0.1, 0.15) is 11.5 Å². The summed E-state index contributed by atoms with van der Waals surface area (Å²) in [5, 5.41) is 17.0. The number of halogens is 3. The van der Waals surface area contributed by atoms with Crippen molar-refractivity contribution in [3.63, 3.8) is 0 Å². The lowest BCUT2D eigenvalue weighted by molar-refractivity contribution is -0.185. The molecule has 5 rings (SSSR count). The number of amides is 1. The Morgan fingerprint density at radius 3 is 2.56 bits per heavy atom. The van der Waals surface area contributed by atoms with Crippen LogP contribution in [-0.2, 0) is 19.7 Å². The Kier molecular flexibility index (Phi) is 7.67. The van der Waals surface area contributed by atoms with Gasteiger partial charge >= 0.3 is 6.18 Å². The minimum Gasteiger partial charge on any atom is -0.473 e. The van der Waals surface area contributed by atoms with Crippen molar-refractivity contribution in [3.8, 4) is 17.0 Å². The van der Waals surface area contributed by atoms with Crippen LogP contribution in [0.4, 0.5) is 19.0 Å². The molecule has 0 radical (unpaired) electrons. The summed E-state index contributed by atoms with van der Waals surface area (Å²) in [7, 11) is 0. The number of carbonyl (C=O) groups is 2. The standard InChI is InChI=1S/C27H27F3N6O5/c1-26(2,27(28,29)30)20-12-21(36-41-20)33-24(38)22(39-14-37)16-5-3-15(4-6-16)17-11-19-23(32-13-17)34-35-25(19)40-18-7-9-31-10-8-18/h3-6,11-14,18,22,31H,7-10H2,1-2H3,(H,32,34,35)(H,33,36,38). The first kappa shape index (κ1) is 28.1. The fourth-order valence-corrected chi connectivity index (χ4v) is 4.36. The number of ether oxygens (including phenoxy) is 2. The molecule has 1 amide bonds. The predicted molar refractivity (Wildman–Crippen MR) is 140 cm³/mol. The molecule has 1 saturated heterocycles. The van der Waals surface area contributed by atoms with Crippen LogP contribution < -0.4 is 15.4 Å². The highest BCUT2D eigenvalue weighted by atomic mass is 19.4. The summed E-state index contributed by atoms with van der Waals surface area (Å²) in [6.07, 6.45) is -2.50. The molecule has 0 saturated carbocycles. The maximum Gasteiger partial charge on any atom is 0.401 e. The minimum atomic E-state index is -4.60. The molecule has 3 N–H and O–H groups in total. The number of aromatic amines is 1. The van der Waals surface area contributed by atoms with Gasteiger partial charge in [0.2, 0.25) is 12.0 Å². The molecule has 1 aliphatic heterocycles. The summed E-state index contributed by atoms with van der Waals surface area (Å²) >= 11 is 0. The summed E-state index contributed by atoms with van der Waals surface area (Å²) in [5.74, 6) is -1.08. The number of piperidine rings is 1. The first-order chi connectivity index (χ1) is 19.6. The zero-order valence-electron chi connectivity index (χ0n) is 22.1. The van der Waals surface area contributed by atoms with E-state index in [2.05, 4.69) is 31.0 Å². The first-order valence-electron chi connectivity index (χ1n) is 12.8. The number of benzene rings is 1. The first-order valence-corrected chi connectivity index (χ1v) is 12.8. The Hall–Kier alpha value is -4.46. The normalized spacial score (nSPS) is 15.4. The molecule has 11 nitrogen and oxygen atoms in total. The van der Waals surface area contributed by atoms with Crippen LogP contribution in [0.15, 0.2) is 47.1 Å². The van der Waals surface area contributed by atoms with E-state index in [1.54, 1.807) is 30.5 Å². The molecule has 0 aliphatic carbocycles.